The Kier molecular flexibility index (Phi) is 3.78. The summed E-state index contributed by atoms with van der Waals surface area (Å²) in [6, 6.07) is 10.8. The molecule has 1 amide bonds. The fourth-order valence-corrected chi connectivity index (χ4v) is 2.92. The van der Waals surface area contributed by atoms with E-state index in [1.165, 1.54) is 0 Å². The highest BCUT2D eigenvalue weighted by atomic mass is 79.9. The lowest BCUT2D eigenvalue weighted by Gasteiger charge is -2.30. The van der Waals surface area contributed by atoms with Gasteiger partial charge in [0.05, 0.1) is 12.2 Å². The topological polar surface area (TPSA) is 55.6 Å². The number of fused-ring (bicyclic) bond motifs is 1. The highest BCUT2D eigenvalue weighted by Crippen LogP contribution is 2.36. The Morgan fingerprint density at radius 1 is 1.33 bits per heavy atom. The second-order valence-electron chi connectivity index (χ2n) is 4.69. The number of ether oxygens (including phenoxy) is 1. The molecule has 0 aromatic heterocycles. The van der Waals surface area contributed by atoms with Gasteiger partial charge in [-0.05, 0) is 30.3 Å². The van der Waals surface area contributed by atoms with E-state index in [0.717, 1.165) is 10.0 Å². The molecule has 2 aromatic rings. The fourth-order valence-electron chi connectivity index (χ4n) is 2.25. The van der Waals surface area contributed by atoms with Crippen LogP contribution in [0.15, 0.2) is 40.9 Å². The Morgan fingerprint density at radius 2 is 2.14 bits per heavy atom. The number of amides is 1. The van der Waals surface area contributed by atoms with Gasteiger partial charge in [0.15, 0.2) is 6.61 Å². The Bertz CT molecular complexity index is 701. The first-order valence-electron chi connectivity index (χ1n) is 6.32. The lowest BCUT2D eigenvalue weighted by molar-refractivity contribution is -0.121. The Hall–Kier alpha value is -1.72. The summed E-state index contributed by atoms with van der Waals surface area (Å²) in [5, 5.41) is 0.553. The average molecular weight is 368 g/mol. The maximum absolute atomic E-state index is 12.2. The van der Waals surface area contributed by atoms with Crippen molar-refractivity contribution in [3.8, 4) is 5.75 Å². The molecular weight excluding hydrogens is 356 g/mol. The zero-order chi connectivity index (χ0) is 15.0. The van der Waals surface area contributed by atoms with Crippen molar-refractivity contribution >= 4 is 44.8 Å². The number of nitrogens with two attached hydrogens (primary N) is 1. The van der Waals surface area contributed by atoms with Gasteiger partial charge in [-0.15, -0.1) is 0 Å². The second kappa shape index (κ2) is 5.58. The van der Waals surface area contributed by atoms with Gasteiger partial charge < -0.3 is 15.4 Å². The van der Waals surface area contributed by atoms with Gasteiger partial charge in [0.25, 0.3) is 5.91 Å². The van der Waals surface area contributed by atoms with Gasteiger partial charge in [-0.1, -0.05) is 33.6 Å². The van der Waals surface area contributed by atoms with E-state index < -0.39 is 0 Å². The van der Waals surface area contributed by atoms with Gasteiger partial charge in [-0.2, -0.15) is 0 Å². The van der Waals surface area contributed by atoms with Crippen LogP contribution in [-0.2, 0) is 11.3 Å². The number of nitrogen functional groups attached to an aromatic ring is 1. The molecule has 21 heavy (non-hydrogen) atoms. The summed E-state index contributed by atoms with van der Waals surface area (Å²) >= 11 is 9.50. The third kappa shape index (κ3) is 2.71. The molecule has 6 heteroatoms. The second-order valence-corrected chi connectivity index (χ2v) is 5.98. The first kappa shape index (κ1) is 14.2. The minimum absolute atomic E-state index is 0.0129. The highest BCUT2D eigenvalue weighted by molar-refractivity contribution is 9.10. The number of benzene rings is 2. The number of nitrogens with zero attached hydrogens (tertiary/aromatic N) is 1. The standard InChI is InChI=1S/C15H12BrClN2O2/c16-11-2-1-3-12(18)10(11)7-19-13-6-9(17)4-5-14(13)21-8-15(19)20/h1-6H,7-8,18H2. The molecule has 0 spiro atoms. The monoisotopic (exact) mass is 366 g/mol. The molecule has 108 valence electrons. The first-order valence-corrected chi connectivity index (χ1v) is 7.49. The van der Waals surface area contributed by atoms with E-state index in [1.807, 2.05) is 18.2 Å². The number of carbonyl (C=O) groups is 1. The number of carbonyl (C=O) groups excluding carboxylic acids is 1. The summed E-state index contributed by atoms with van der Waals surface area (Å²) in [5.41, 5.74) is 8.16. The molecule has 0 radical (unpaired) electrons. The van der Waals surface area contributed by atoms with E-state index in [-0.39, 0.29) is 12.5 Å². The summed E-state index contributed by atoms with van der Waals surface area (Å²) in [5.74, 6) is 0.518. The van der Waals surface area contributed by atoms with E-state index in [2.05, 4.69) is 15.9 Å². The number of rotatable bonds is 2. The van der Waals surface area contributed by atoms with Crippen LogP contribution < -0.4 is 15.4 Å². The first-order chi connectivity index (χ1) is 10.1. The molecule has 1 aliphatic heterocycles. The lowest BCUT2D eigenvalue weighted by atomic mass is 10.1. The van der Waals surface area contributed by atoms with Crippen molar-refractivity contribution in [1.29, 1.82) is 0 Å². The quantitative estimate of drug-likeness (QED) is 0.825. The SMILES string of the molecule is Nc1cccc(Br)c1CN1C(=O)COc2ccc(Cl)cc21. The average Bonchev–Trinajstić information content (AvgIpc) is 2.45. The van der Waals surface area contributed by atoms with E-state index in [1.54, 1.807) is 23.1 Å². The van der Waals surface area contributed by atoms with Crippen molar-refractivity contribution in [3.05, 3.63) is 51.5 Å². The number of halogens is 2. The van der Waals surface area contributed by atoms with Crippen molar-refractivity contribution < 1.29 is 9.53 Å². The van der Waals surface area contributed by atoms with Gasteiger partial charge in [-0.3, -0.25) is 4.79 Å². The molecule has 2 aromatic carbocycles. The Balaban J connectivity index is 2.03. The molecule has 0 atom stereocenters. The largest absolute Gasteiger partial charge is 0.482 e. The third-order valence-corrected chi connectivity index (χ3v) is 4.31. The van der Waals surface area contributed by atoms with Crippen LogP contribution in [0, 0.1) is 0 Å². The van der Waals surface area contributed by atoms with E-state index >= 15 is 0 Å². The van der Waals surface area contributed by atoms with E-state index in [4.69, 9.17) is 22.1 Å². The maximum atomic E-state index is 12.2. The molecule has 3 rings (SSSR count). The van der Waals surface area contributed by atoms with Crippen LogP contribution in [0.5, 0.6) is 5.75 Å². The van der Waals surface area contributed by atoms with E-state index in [0.29, 0.717) is 28.7 Å². The van der Waals surface area contributed by atoms with Crippen LogP contribution in [0.1, 0.15) is 5.56 Å². The molecule has 0 fully saturated rings. The number of anilines is 2. The van der Waals surface area contributed by atoms with Crippen molar-refractivity contribution in [2.45, 2.75) is 6.54 Å². The smallest absolute Gasteiger partial charge is 0.265 e. The van der Waals surface area contributed by atoms with Crippen molar-refractivity contribution in [3.63, 3.8) is 0 Å². The molecule has 0 saturated carbocycles. The molecule has 1 aliphatic rings. The van der Waals surface area contributed by atoms with Crippen molar-refractivity contribution in [1.82, 2.24) is 0 Å². The minimum atomic E-state index is -0.125. The van der Waals surface area contributed by atoms with Gasteiger partial charge in [0.1, 0.15) is 5.75 Å². The summed E-state index contributed by atoms with van der Waals surface area (Å²) in [6.45, 7) is 0.377. The summed E-state index contributed by atoms with van der Waals surface area (Å²) in [6.07, 6.45) is 0. The van der Waals surface area contributed by atoms with Crippen LogP contribution >= 0.6 is 27.5 Å². The summed E-state index contributed by atoms with van der Waals surface area (Å²) in [4.78, 5) is 13.8. The van der Waals surface area contributed by atoms with Crippen LogP contribution in [0.4, 0.5) is 11.4 Å². The molecule has 1 heterocycles. The van der Waals surface area contributed by atoms with Crippen molar-refractivity contribution in [2.75, 3.05) is 17.2 Å². The van der Waals surface area contributed by atoms with Gasteiger partial charge in [0.2, 0.25) is 0 Å². The molecular formula is C15H12BrClN2O2. The normalized spacial score (nSPS) is 13.8. The Labute approximate surface area is 135 Å². The van der Waals surface area contributed by atoms with Crippen LogP contribution in [0.3, 0.4) is 0 Å². The predicted molar refractivity (Wildman–Crippen MR) is 86.7 cm³/mol. The van der Waals surface area contributed by atoms with Crippen LogP contribution in [-0.4, -0.2) is 12.5 Å². The molecule has 4 nitrogen and oxygen atoms in total. The molecule has 0 unspecified atom stereocenters. The third-order valence-electron chi connectivity index (χ3n) is 3.34. The number of hydrogen-bond donors (Lipinski definition) is 1. The zero-order valence-corrected chi connectivity index (χ0v) is 13.3. The number of hydrogen-bond acceptors (Lipinski definition) is 3. The lowest BCUT2D eigenvalue weighted by Crippen LogP contribution is -2.38. The Morgan fingerprint density at radius 3 is 2.90 bits per heavy atom. The molecule has 2 N–H and O–H groups in total. The molecule has 0 bridgehead atoms. The zero-order valence-electron chi connectivity index (χ0n) is 11.0. The summed E-state index contributed by atoms with van der Waals surface area (Å²) in [7, 11) is 0. The fraction of sp³-hybridized carbons (Fsp3) is 0.133. The van der Waals surface area contributed by atoms with Crippen LogP contribution in [0.2, 0.25) is 5.02 Å². The summed E-state index contributed by atoms with van der Waals surface area (Å²) < 4.78 is 6.29. The van der Waals surface area contributed by atoms with Gasteiger partial charge in [0, 0.05) is 20.7 Å². The van der Waals surface area contributed by atoms with Gasteiger partial charge in [-0.25, -0.2) is 0 Å². The molecule has 0 aliphatic carbocycles. The highest BCUT2D eigenvalue weighted by Gasteiger charge is 2.26. The minimum Gasteiger partial charge on any atom is -0.482 e. The van der Waals surface area contributed by atoms with Gasteiger partial charge >= 0.3 is 0 Å². The molecule has 0 saturated heterocycles. The van der Waals surface area contributed by atoms with Crippen molar-refractivity contribution in [2.24, 2.45) is 0 Å². The van der Waals surface area contributed by atoms with Crippen LogP contribution in [0.25, 0.3) is 0 Å². The maximum Gasteiger partial charge on any atom is 0.265 e. The predicted octanol–water partition coefficient (Wildman–Crippen LogP) is 3.61. The van der Waals surface area contributed by atoms with E-state index in [9.17, 15) is 4.79 Å².